The number of benzene rings is 1. The van der Waals surface area contributed by atoms with Gasteiger partial charge in [0.15, 0.2) is 0 Å². The molecule has 1 aliphatic heterocycles. The zero-order valence-corrected chi connectivity index (χ0v) is 15.5. The molecule has 0 fully saturated rings. The van der Waals surface area contributed by atoms with Crippen molar-refractivity contribution in [3.8, 4) is 0 Å². The minimum atomic E-state index is -0.353. The van der Waals surface area contributed by atoms with Gasteiger partial charge in [0, 0.05) is 5.70 Å². The lowest BCUT2D eigenvalue weighted by atomic mass is 10.2. The van der Waals surface area contributed by atoms with Gasteiger partial charge in [-0.05, 0) is 30.3 Å². The highest BCUT2D eigenvalue weighted by molar-refractivity contribution is 8.14. The molecule has 0 saturated heterocycles. The number of fused-ring (bicyclic) bond motifs is 1. The molecular weight excluding hydrogens is 366 g/mol. The van der Waals surface area contributed by atoms with Crippen molar-refractivity contribution in [1.82, 2.24) is 5.32 Å². The Hall–Kier alpha value is -3.00. The lowest BCUT2D eigenvalue weighted by Gasteiger charge is -2.09. The molecule has 1 aliphatic rings. The third kappa shape index (κ3) is 5.49. The number of esters is 1. The van der Waals surface area contributed by atoms with E-state index in [2.05, 4.69) is 15.6 Å². The molecule has 0 atom stereocenters. The Balaban J connectivity index is 1.67. The van der Waals surface area contributed by atoms with E-state index in [1.807, 2.05) is 24.3 Å². The SMILES string of the molecule is COC(=O)CC1=CC(SCC(=O)NCc2ccco2)=Nc2ccccc2N1. The number of anilines is 1. The lowest BCUT2D eigenvalue weighted by molar-refractivity contribution is -0.139. The van der Waals surface area contributed by atoms with Crippen LogP contribution in [0.5, 0.6) is 0 Å². The van der Waals surface area contributed by atoms with Gasteiger partial charge in [0.1, 0.15) is 5.76 Å². The highest BCUT2D eigenvalue weighted by Crippen LogP contribution is 2.30. The van der Waals surface area contributed by atoms with Crippen LogP contribution in [0.2, 0.25) is 0 Å². The van der Waals surface area contributed by atoms with Gasteiger partial charge >= 0.3 is 5.97 Å². The summed E-state index contributed by atoms with van der Waals surface area (Å²) in [6, 6.07) is 11.1. The molecule has 7 nitrogen and oxygen atoms in total. The topological polar surface area (TPSA) is 92.9 Å². The van der Waals surface area contributed by atoms with E-state index in [0.29, 0.717) is 23.0 Å². The number of carbonyl (C=O) groups excluding carboxylic acids is 2. The molecule has 140 valence electrons. The van der Waals surface area contributed by atoms with Gasteiger partial charge in [0.25, 0.3) is 0 Å². The van der Waals surface area contributed by atoms with E-state index in [4.69, 9.17) is 9.15 Å². The van der Waals surface area contributed by atoms with Crippen molar-refractivity contribution < 1.29 is 18.7 Å². The molecule has 2 N–H and O–H groups in total. The number of ether oxygens (including phenoxy) is 1. The van der Waals surface area contributed by atoms with E-state index in [1.54, 1.807) is 24.5 Å². The Morgan fingerprint density at radius 3 is 2.89 bits per heavy atom. The molecule has 0 radical (unpaired) electrons. The normalized spacial score (nSPS) is 12.8. The number of hydrogen-bond acceptors (Lipinski definition) is 7. The van der Waals surface area contributed by atoms with Gasteiger partial charge in [-0.2, -0.15) is 0 Å². The Morgan fingerprint density at radius 1 is 1.26 bits per heavy atom. The molecule has 0 unspecified atom stereocenters. The first-order chi connectivity index (χ1) is 13.1. The molecule has 0 aliphatic carbocycles. The first-order valence-corrected chi connectivity index (χ1v) is 9.26. The largest absolute Gasteiger partial charge is 0.469 e. The van der Waals surface area contributed by atoms with E-state index in [9.17, 15) is 9.59 Å². The van der Waals surface area contributed by atoms with Crippen LogP contribution in [0.4, 0.5) is 11.4 Å². The molecule has 1 aromatic carbocycles. The Bertz CT molecular complexity index is 875. The number of nitrogens with zero attached hydrogens (tertiary/aromatic N) is 1. The molecule has 0 bridgehead atoms. The van der Waals surface area contributed by atoms with Gasteiger partial charge < -0.3 is 19.8 Å². The van der Waals surface area contributed by atoms with E-state index in [0.717, 1.165) is 11.4 Å². The smallest absolute Gasteiger partial charge is 0.311 e. The third-order valence-electron chi connectivity index (χ3n) is 3.68. The molecule has 1 amide bonds. The Morgan fingerprint density at radius 2 is 2.11 bits per heavy atom. The van der Waals surface area contributed by atoms with Crippen molar-refractivity contribution in [3.05, 3.63) is 60.2 Å². The van der Waals surface area contributed by atoms with Crippen molar-refractivity contribution in [2.75, 3.05) is 18.2 Å². The maximum Gasteiger partial charge on any atom is 0.311 e. The molecule has 1 aromatic heterocycles. The summed E-state index contributed by atoms with van der Waals surface area (Å²) < 4.78 is 9.93. The maximum absolute atomic E-state index is 12.1. The second-order valence-electron chi connectivity index (χ2n) is 5.66. The number of amides is 1. The van der Waals surface area contributed by atoms with Crippen LogP contribution in [0, 0.1) is 0 Å². The standard InChI is InChI=1S/C19H19N3O4S/c1-25-19(24)10-13-9-18(22-16-7-3-2-6-15(16)21-13)27-12-17(23)20-11-14-5-4-8-26-14/h2-9,21H,10-12H2,1H3,(H,20,23). The number of hydrogen-bond donors (Lipinski definition) is 2. The van der Waals surface area contributed by atoms with Gasteiger partial charge in [-0.1, -0.05) is 23.9 Å². The molecule has 8 heteroatoms. The average molecular weight is 385 g/mol. The molecule has 3 rings (SSSR count). The lowest BCUT2D eigenvalue weighted by Crippen LogP contribution is -2.24. The number of methoxy groups -OCH3 is 1. The number of carbonyl (C=O) groups is 2. The zero-order chi connectivity index (χ0) is 19.1. The van der Waals surface area contributed by atoms with E-state index < -0.39 is 0 Å². The summed E-state index contributed by atoms with van der Waals surface area (Å²) >= 11 is 1.30. The Labute approximate surface area is 160 Å². The van der Waals surface area contributed by atoms with Crippen LogP contribution in [-0.4, -0.2) is 29.8 Å². The third-order valence-corrected chi connectivity index (χ3v) is 4.59. The predicted molar refractivity (Wildman–Crippen MR) is 105 cm³/mol. The van der Waals surface area contributed by atoms with Crippen molar-refractivity contribution in [2.45, 2.75) is 13.0 Å². The Kier molecular flexibility index (Phi) is 6.32. The fraction of sp³-hybridized carbons (Fsp3) is 0.211. The quantitative estimate of drug-likeness (QED) is 0.742. The van der Waals surface area contributed by atoms with Crippen molar-refractivity contribution in [1.29, 1.82) is 0 Å². The molecule has 0 spiro atoms. The summed E-state index contributed by atoms with van der Waals surface area (Å²) in [6.45, 7) is 0.340. The number of rotatable bonds is 6. The highest BCUT2D eigenvalue weighted by Gasteiger charge is 2.15. The summed E-state index contributed by atoms with van der Waals surface area (Å²) in [7, 11) is 1.35. The predicted octanol–water partition coefficient (Wildman–Crippen LogP) is 3.23. The summed E-state index contributed by atoms with van der Waals surface area (Å²) in [4.78, 5) is 28.3. The molecular formula is C19H19N3O4S. The molecule has 2 heterocycles. The van der Waals surface area contributed by atoms with Crippen LogP contribution < -0.4 is 10.6 Å². The van der Waals surface area contributed by atoms with Gasteiger partial charge in [-0.25, -0.2) is 4.99 Å². The minimum Gasteiger partial charge on any atom is -0.469 e. The van der Waals surface area contributed by atoms with Crippen molar-refractivity contribution in [2.24, 2.45) is 4.99 Å². The van der Waals surface area contributed by atoms with Crippen LogP contribution in [0.3, 0.4) is 0 Å². The fourth-order valence-corrected chi connectivity index (χ4v) is 3.14. The number of aliphatic imine (C=N–C) groups is 1. The van der Waals surface area contributed by atoms with E-state index in [1.165, 1.54) is 18.9 Å². The second kappa shape index (κ2) is 9.09. The summed E-state index contributed by atoms with van der Waals surface area (Å²) in [5, 5.41) is 6.64. The highest BCUT2D eigenvalue weighted by atomic mass is 32.2. The molecule has 0 saturated carbocycles. The van der Waals surface area contributed by atoms with Crippen LogP contribution >= 0.6 is 11.8 Å². The molecule has 2 aromatic rings. The van der Waals surface area contributed by atoms with Gasteiger partial charge in [0.05, 0.1) is 48.5 Å². The maximum atomic E-state index is 12.1. The first kappa shape index (κ1) is 18.8. The number of nitrogens with one attached hydrogen (secondary N) is 2. The number of thioether (sulfide) groups is 1. The van der Waals surface area contributed by atoms with Gasteiger partial charge in [-0.3, -0.25) is 9.59 Å². The second-order valence-corrected chi connectivity index (χ2v) is 6.66. The van der Waals surface area contributed by atoms with Crippen molar-refractivity contribution >= 4 is 40.1 Å². The van der Waals surface area contributed by atoms with E-state index in [-0.39, 0.29) is 24.1 Å². The van der Waals surface area contributed by atoms with Gasteiger partial charge in [0.2, 0.25) is 5.91 Å². The summed E-state index contributed by atoms with van der Waals surface area (Å²) in [5.74, 6) is 0.406. The first-order valence-electron chi connectivity index (χ1n) is 8.28. The fourth-order valence-electron chi connectivity index (χ4n) is 2.37. The monoisotopic (exact) mass is 385 g/mol. The average Bonchev–Trinajstić information content (AvgIpc) is 3.12. The van der Waals surface area contributed by atoms with Crippen LogP contribution in [-0.2, 0) is 20.9 Å². The number of furan rings is 1. The van der Waals surface area contributed by atoms with Crippen LogP contribution in [0.25, 0.3) is 0 Å². The van der Waals surface area contributed by atoms with Crippen LogP contribution in [0.1, 0.15) is 12.2 Å². The molecule has 27 heavy (non-hydrogen) atoms. The van der Waals surface area contributed by atoms with Crippen LogP contribution in [0.15, 0.2) is 63.8 Å². The van der Waals surface area contributed by atoms with E-state index >= 15 is 0 Å². The van der Waals surface area contributed by atoms with Crippen molar-refractivity contribution in [3.63, 3.8) is 0 Å². The summed E-state index contributed by atoms with van der Waals surface area (Å²) in [6.07, 6.45) is 3.42. The number of para-hydroxylation sites is 2. The minimum absolute atomic E-state index is 0.0924. The van der Waals surface area contributed by atoms with Gasteiger partial charge in [-0.15, -0.1) is 0 Å². The summed E-state index contributed by atoms with van der Waals surface area (Å²) in [5.41, 5.74) is 2.20. The zero-order valence-electron chi connectivity index (χ0n) is 14.7.